The molecular formula is C5H14B2BrFO. The van der Waals surface area contributed by atoms with E-state index in [1.807, 2.05) is 15.5 Å². The molecule has 0 aliphatic rings. The van der Waals surface area contributed by atoms with Crippen LogP contribution in [0, 0.1) is 0 Å². The van der Waals surface area contributed by atoms with Crippen molar-refractivity contribution in [2.75, 3.05) is 0 Å². The minimum atomic E-state index is -1.15. The van der Waals surface area contributed by atoms with Crippen LogP contribution in [0.4, 0.5) is 4.39 Å². The molecule has 0 radical (unpaired) electrons. The summed E-state index contributed by atoms with van der Waals surface area (Å²) >= 11 is 3.05. The van der Waals surface area contributed by atoms with Gasteiger partial charge in [-0.25, -0.2) is 4.39 Å². The third-order valence-electron chi connectivity index (χ3n) is 0.941. The number of aliphatic hydroxyl groups is 1. The monoisotopic (exact) mass is 210 g/mol. The summed E-state index contributed by atoms with van der Waals surface area (Å²) in [5.74, 6) is 0. The van der Waals surface area contributed by atoms with Crippen LogP contribution in [0.1, 0.15) is 13.8 Å². The summed E-state index contributed by atoms with van der Waals surface area (Å²) in [6.45, 7) is 3.04. The Balaban J connectivity index is 0. The zero-order chi connectivity index (χ0) is 8.73. The number of alkyl halides is 2. The Hall–Kier alpha value is 0.500. The van der Waals surface area contributed by atoms with Gasteiger partial charge < -0.3 is 5.11 Å². The average Bonchev–Trinajstić information content (AvgIpc) is 1.90. The Labute approximate surface area is 72.3 Å². The molecule has 0 bridgehead atoms. The highest BCUT2D eigenvalue weighted by Crippen LogP contribution is 2.09. The van der Waals surface area contributed by atoms with E-state index >= 15 is 0 Å². The fourth-order valence-electron chi connectivity index (χ4n) is 0.365. The maximum absolute atomic E-state index is 12.1. The first kappa shape index (κ1) is 13.1. The topological polar surface area (TPSA) is 20.2 Å². The highest BCUT2D eigenvalue weighted by Gasteiger charge is 2.17. The van der Waals surface area contributed by atoms with Gasteiger partial charge in [0.1, 0.15) is 6.17 Å². The molecule has 0 saturated carbocycles. The summed E-state index contributed by atoms with van der Waals surface area (Å²) in [6, 6.07) is 0. The van der Waals surface area contributed by atoms with Crippen molar-refractivity contribution in [1.82, 2.24) is 0 Å². The van der Waals surface area contributed by atoms with Crippen LogP contribution in [0.25, 0.3) is 0 Å². The zero-order valence-electron chi connectivity index (χ0n) is 6.94. The first-order valence-corrected chi connectivity index (χ1v) is 4.43. The summed E-state index contributed by atoms with van der Waals surface area (Å²) in [5, 5.41) is 8.78. The predicted octanol–water partition coefficient (Wildman–Crippen LogP) is -0.344. The van der Waals surface area contributed by atoms with Crippen LogP contribution in [0.3, 0.4) is 0 Å². The normalized spacial score (nSPS) is 18.1. The molecule has 0 aliphatic carbocycles. The lowest BCUT2D eigenvalue weighted by atomic mass is 9.81. The van der Waals surface area contributed by atoms with Crippen LogP contribution in [-0.4, -0.2) is 37.7 Å². The van der Waals surface area contributed by atoms with Crippen molar-refractivity contribution in [3.63, 3.8) is 0 Å². The summed E-state index contributed by atoms with van der Waals surface area (Å²) in [6.07, 6.45) is -2.03. The van der Waals surface area contributed by atoms with Gasteiger partial charge in [-0.1, -0.05) is 22.9 Å². The van der Waals surface area contributed by atoms with Gasteiger partial charge in [0.05, 0.1) is 21.6 Å². The van der Waals surface area contributed by atoms with Gasteiger partial charge >= 0.3 is 0 Å². The molecule has 0 saturated heterocycles. The van der Waals surface area contributed by atoms with Gasteiger partial charge in [0.15, 0.2) is 0 Å². The summed E-state index contributed by atoms with van der Waals surface area (Å²) in [4.78, 5) is -0.164. The second-order valence-corrected chi connectivity index (χ2v) is 3.29. The van der Waals surface area contributed by atoms with E-state index in [1.165, 1.54) is 6.92 Å². The van der Waals surface area contributed by atoms with Crippen LogP contribution < -0.4 is 0 Å². The molecule has 1 nitrogen and oxygen atoms in total. The third kappa shape index (κ3) is 6.62. The quantitative estimate of drug-likeness (QED) is 0.488. The van der Waals surface area contributed by atoms with E-state index in [4.69, 9.17) is 5.11 Å². The van der Waals surface area contributed by atoms with Crippen LogP contribution in [-0.2, 0) is 0 Å². The van der Waals surface area contributed by atoms with Crippen molar-refractivity contribution >= 4 is 31.4 Å². The number of hydrogen-bond donors (Lipinski definition) is 1. The fourth-order valence-corrected chi connectivity index (χ4v) is 0.786. The van der Waals surface area contributed by atoms with E-state index in [-0.39, 0.29) is 4.83 Å². The molecule has 5 heteroatoms. The molecule has 1 N–H and O–H groups in total. The van der Waals surface area contributed by atoms with E-state index in [0.29, 0.717) is 0 Å². The molecule has 10 heavy (non-hydrogen) atoms. The molecule has 0 spiro atoms. The van der Waals surface area contributed by atoms with Gasteiger partial charge in [-0.3, -0.25) is 0 Å². The average molecular weight is 211 g/mol. The first-order valence-electron chi connectivity index (χ1n) is 3.52. The Bertz CT molecular complexity index is 64.7. The van der Waals surface area contributed by atoms with Gasteiger partial charge in [0.2, 0.25) is 0 Å². The lowest BCUT2D eigenvalue weighted by Crippen LogP contribution is -2.26. The molecular weight excluding hydrogens is 197 g/mol. The summed E-state index contributed by atoms with van der Waals surface area (Å²) in [5.41, 5.74) is 0. The van der Waals surface area contributed by atoms with Crippen LogP contribution in [0.15, 0.2) is 0 Å². The standard InChI is InChI=1S/C5H10BrFO.B2H4/c1-3(6)5(8)4(2)7;1-2/h3-5,8H,1-2H3;1-2H2. The van der Waals surface area contributed by atoms with Gasteiger partial charge in [0.25, 0.3) is 0 Å². The first-order chi connectivity index (χ1) is 4.55. The van der Waals surface area contributed by atoms with E-state index in [0.717, 1.165) is 0 Å². The van der Waals surface area contributed by atoms with Crippen molar-refractivity contribution < 1.29 is 9.50 Å². The summed E-state index contributed by atoms with van der Waals surface area (Å²) in [7, 11) is 4.00. The Morgan fingerprint density at radius 2 is 1.70 bits per heavy atom. The maximum atomic E-state index is 12.1. The molecule has 0 fully saturated rings. The van der Waals surface area contributed by atoms with E-state index < -0.39 is 12.3 Å². The van der Waals surface area contributed by atoms with Gasteiger partial charge in [0, 0.05) is 4.83 Å². The smallest absolute Gasteiger partial charge is 0.124 e. The van der Waals surface area contributed by atoms with E-state index in [2.05, 4.69) is 15.9 Å². The van der Waals surface area contributed by atoms with Gasteiger partial charge in [-0.05, 0) is 6.92 Å². The van der Waals surface area contributed by atoms with Crippen molar-refractivity contribution in [3.8, 4) is 0 Å². The van der Waals surface area contributed by atoms with Crippen molar-refractivity contribution in [1.29, 1.82) is 0 Å². The second-order valence-electron chi connectivity index (χ2n) is 1.85. The minimum Gasteiger partial charge on any atom is -0.389 e. The van der Waals surface area contributed by atoms with Gasteiger partial charge in [-0.15, -0.1) is 0 Å². The Kier molecular flexibility index (Phi) is 9.97. The number of rotatable bonds is 2. The number of hydrogen-bond acceptors (Lipinski definition) is 1. The largest absolute Gasteiger partial charge is 0.389 e. The maximum Gasteiger partial charge on any atom is 0.124 e. The number of halogens is 2. The Morgan fingerprint density at radius 1 is 1.40 bits per heavy atom. The lowest BCUT2D eigenvalue weighted by molar-refractivity contribution is 0.0909. The highest BCUT2D eigenvalue weighted by molar-refractivity contribution is 9.09. The van der Waals surface area contributed by atoms with Crippen molar-refractivity contribution in [2.45, 2.75) is 31.0 Å². The molecule has 0 aliphatic heterocycles. The SMILES string of the molecule is BB.CC(F)C(O)C(C)Br. The molecule has 0 aromatic rings. The van der Waals surface area contributed by atoms with Crippen LogP contribution in [0.5, 0.6) is 0 Å². The number of aliphatic hydroxyl groups excluding tert-OH is 1. The van der Waals surface area contributed by atoms with Crippen molar-refractivity contribution in [3.05, 3.63) is 0 Å². The molecule has 0 aromatic heterocycles. The minimum absolute atomic E-state index is 0.164. The second kappa shape index (κ2) is 7.61. The van der Waals surface area contributed by atoms with E-state index in [9.17, 15) is 4.39 Å². The highest BCUT2D eigenvalue weighted by atomic mass is 79.9. The molecule has 0 amide bonds. The fraction of sp³-hybridized carbons (Fsp3) is 1.00. The molecule has 3 unspecified atom stereocenters. The predicted molar refractivity (Wildman–Crippen MR) is 52.1 cm³/mol. The van der Waals surface area contributed by atoms with E-state index in [1.54, 1.807) is 6.92 Å². The van der Waals surface area contributed by atoms with Crippen LogP contribution >= 0.6 is 15.9 Å². The molecule has 0 heterocycles. The molecule has 0 aromatic carbocycles. The third-order valence-corrected chi connectivity index (χ3v) is 1.48. The van der Waals surface area contributed by atoms with Crippen LogP contribution in [0.2, 0.25) is 0 Å². The van der Waals surface area contributed by atoms with Gasteiger partial charge in [-0.2, -0.15) is 0 Å². The van der Waals surface area contributed by atoms with Crippen molar-refractivity contribution in [2.24, 2.45) is 0 Å². The zero-order valence-corrected chi connectivity index (χ0v) is 8.52. The summed E-state index contributed by atoms with van der Waals surface area (Å²) < 4.78 is 12.1. The molecule has 0 rings (SSSR count). The molecule has 3 atom stereocenters. The Morgan fingerprint density at radius 3 is 1.70 bits per heavy atom. The lowest BCUT2D eigenvalue weighted by Gasteiger charge is -2.12. The molecule has 60 valence electrons.